The van der Waals surface area contributed by atoms with E-state index in [0.29, 0.717) is 0 Å². The summed E-state index contributed by atoms with van der Waals surface area (Å²) in [6, 6.07) is 10.5. The van der Waals surface area contributed by atoms with Crippen LogP contribution in [0.15, 0.2) is 47.7 Å². The zero-order valence-corrected chi connectivity index (χ0v) is 16.7. The van der Waals surface area contributed by atoms with E-state index < -0.39 is 0 Å². The highest BCUT2D eigenvalue weighted by molar-refractivity contribution is 5.79. The Bertz CT molecular complexity index is 671. The fourth-order valence-electron chi connectivity index (χ4n) is 2.78. The highest BCUT2D eigenvalue weighted by atomic mass is 16.5. The smallest absolute Gasteiger partial charge is 0.191 e. The molecule has 0 fully saturated rings. The zero-order chi connectivity index (χ0) is 19.3. The average Bonchev–Trinajstić information content (AvgIpc) is 3.18. The number of rotatable bonds is 11. The topological polar surface area (TPSA) is 66.7 Å². The SMILES string of the molecule is CN=C(NCCN(C)CCCOC)NCc1cccc(Cn2cccn2)c1. The lowest BCUT2D eigenvalue weighted by atomic mass is 10.1. The van der Waals surface area contributed by atoms with Crippen LogP contribution in [0.2, 0.25) is 0 Å². The predicted octanol–water partition coefficient (Wildman–Crippen LogP) is 1.56. The van der Waals surface area contributed by atoms with Crippen molar-refractivity contribution in [3.63, 3.8) is 0 Å². The quantitative estimate of drug-likeness (QED) is 0.356. The van der Waals surface area contributed by atoms with Crippen LogP contribution in [-0.4, -0.2) is 68.1 Å². The van der Waals surface area contributed by atoms with E-state index in [4.69, 9.17) is 4.74 Å². The third-order valence-electron chi connectivity index (χ3n) is 4.25. The number of aromatic nitrogens is 2. The third-order valence-corrected chi connectivity index (χ3v) is 4.25. The summed E-state index contributed by atoms with van der Waals surface area (Å²) < 4.78 is 7.01. The summed E-state index contributed by atoms with van der Waals surface area (Å²) in [5.41, 5.74) is 2.46. The monoisotopic (exact) mass is 372 g/mol. The summed E-state index contributed by atoms with van der Waals surface area (Å²) in [4.78, 5) is 6.59. The average molecular weight is 373 g/mol. The van der Waals surface area contributed by atoms with E-state index in [1.807, 2.05) is 16.9 Å². The van der Waals surface area contributed by atoms with E-state index in [-0.39, 0.29) is 0 Å². The predicted molar refractivity (Wildman–Crippen MR) is 110 cm³/mol. The highest BCUT2D eigenvalue weighted by Crippen LogP contribution is 2.07. The van der Waals surface area contributed by atoms with E-state index >= 15 is 0 Å². The molecule has 27 heavy (non-hydrogen) atoms. The number of hydrogen-bond acceptors (Lipinski definition) is 4. The van der Waals surface area contributed by atoms with E-state index in [0.717, 1.165) is 51.7 Å². The second-order valence-corrected chi connectivity index (χ2v) is 6.53. The molecule has 0 unspecified atom stereocenters. The van der Waals surface area contributed by atoms with Crippen molar-refractivity contribution in [1.29, 1.82) is 0 Å². The van der Waals surface area contributed by atoms with Crippen molar-refractivity contribution in [3.05, 3.63) is 53.9 Å². The summed E-state index contributed by atoms with van der Waals surface area (Å²) in [6.45, 7) is 5.16. The molecule has 0 aliphatic carbocycles. The van der Waals surface area contributed by atoms with Crippen molar-refractivity contribution >= 4 is 5.96 Å². The summed E-state index contributed by atoms with van der Waals surface area (Å²) in [5.74, 6) is 0.817. The number of guanidine groups is 1. The third kappa shape index (κ3) is 8.23. The Kier molecular flexibility index (Phi) is 9.37. The van der Waals surface area contributed by atoms with Crippen LogP contribution in [0.1, 0.15) is 17.5 Å². The maximum Gasteiger partial charge on any atom is 0.191 e. The molecule has 2 N–H and O–H groups in total. The minimum Gasteiger partial charge on any atom is -0.385 e. The Labute approximate surface area is 162 Å². The molecule has 0 aliphatic rings. The molecule has 0 amide bonds. The molecular formula is C20H32N6O. The van der Waals surface area contributed by atoms with Gasteiger partial charge in [0.15, 0.2) is 5.96 Å². The van der Waals surface area contributed by atoms with Gasteiger partial charge >= 0.3 is 0 Å². The first-order chi connectivity index (χ1) is 13.2. The van der Waals surface area contributed by atoms with Crippen LogP contribution >= 0.6 is 0 Å². The molecule has 1 aromatic heterocycles. The largest absolute Gasteiger partial charge is 0.385 e. The lowest BCUT2D eigenvalue weighted by Gasteiger charge is -2.18. The van der Waals surface area contributed by atoms with Gasteiger partial charge in [-0.25, -0.2) is 0 Å². The van der Waals surface area contributed by atoms with E-state index in [1.165, 1.54) is 11.1 Å². The molecule has 0 bridgehead atoms. The Hall–Kier alpha value is -2.38. The molecule has 0 radical (unpaired) electrons. The summed E-state index contributed by atoms with van der Waals surface area (Å²) in [6.07, 6.45) is 4.83. The molecule has 7 heteroatoms. The van der Waals surface area contributed by atoms with Gasteiger partial charge in [0.2, 0.25) is 0 Å². The van der Waals surface area contributed by atoms with Crippen molar-refractivity contribution in [3.8, 4) is 0 Å². The van der Waals surface area contributed by atoms with Gasteiger partial charge in [-0.2, -0.15) is 5.10 Å². The van der Waals surface area contributed by atoms with Gasteiger partial charge in [-0.3, -0.25) is 9.67 Å². The van der Waals surface area contributed by atoms with Gasteiger partial charge in [0.1, 0.15) is 0 Å². The molecule has 0 saturated carbocycles. The molecule has 0 atom stereocenters. The number of methoxy groups -OCH3 is 1. The number of aliphatic imine (C=N–C) groups is 1. The van der Waals surface area contributed by atoms with Gasteiger partial charge in [0.05, 0.1) is 6.54 Å². The van der Waals surface area contributed by atoms with Gasteiger partial charge in [-0.1, -0.05) is 24.3 Å². The maximum absolute atomic E-state index is 5.09. The second kappa shape index (κ2) is 12.1. The van der Waals surface area contributed by atoms with Crippen molar-refractivity contribution in [2.45, 2.75) is 19.5 Å². The standard InChI is InChI=1S/C20H32N6O/c1-21-20(22-10-13-25(2)11-6-14-27-3)23-16-18-7-4-8-19(15-18)17-26-12-5-9-24-26/h4-5,7-9,12,15H,6,10-11,13-14,16-17H2,1-3H3,(H2,21,22,23). The lowest BCUT2D eigenvalue weighted by molar-refractivity contribution is 0.180. The lowest BCUT2D eigenvalue weighted by Crippen LogP contribution is -2.40. The van der Waals surface area contributed by atoms with Crippen LogP contribution in [0, 0.1) is 0 Å². The van der Waals surface area contributed by atoms with Crippen molar-refractivity contribution in [2.75, 3.05) is 47.4 Å². The molecule has 1 aromatic carbocycles. The molecule has 7 nitrogen and oxygen atoms in total. The fourth-order valence-corrected chi connectivity index (χ4v) is 2.78. The highest BCUT2D eigenvalue weighted by Gasteiger charge is 2.02. The maximum atomic E-state index is 5.09. The molecular weight excluding hydrogens is 340 g/mol. The second-order valence-electron chi connectivity index (χ2n) is 6.53. The van der Waals surface area contributed by atoms with Gasteiger partial charge < -0.3 is 20.3 Å². The Morgan fingerprint density at radius 1 is 1.22 bits per heavy atom. The molecule has 0 aliphatic heterocycles. The van der Waals surface area contributed by atoms with Gasteiger partial charge in [-0.05, 0) is 30.7 Å². The number of hydrogen-bond donors (Lipinski definition) is 2. The molecule has 0 saturated heterocycles. The van der Waals surface area contributed by atoms with Crippen molar-refractivity contribution < 1.29 is 4.74 Å². The van der Waals surface area contributed by atoms with Gasteiger partial charge in [0.25, 0.3) is 0 Å². The first kappa shape index (κ1) is 20.9. The van der Waals surface area contributed by atoms with E-state index in [9.17, 15) is 0 Å². The first-order valence-corrected chi connectivity index (χ1v) is 9.38. The van der Waals surface area contributed by atoms with Crippen LogP contribution in [-0.2, 0) is 17.8 Å². The Morgan fingerprint density at radius 3 is 2.81 bits per heavy atom. The number of nitrogens with zero attached hydrogens (tertiary/aromatic N) is 4. The Balaban J connectivity index is 1.72. The first-order valence-electron chi connectivity index (χ1n) is 9.38. The van der Waals surface area contributed by atoms with Gasteiger partial charge in [0, 0.05) is 59.3 Å². The molecule has 148 valence electrons. The summed E-state index contributed by atoms with van der Waals surface area (Å²) in [5, 5.41) is 11.0. The van der Waals surface area contributed by atoms with Crippen molar-refractivity contribution in [2.24, 2.45) is 4.99 Å². The van der Waals surface area contributed by atoms with Gasteiger partial charge in [-0.15, -0.1) is 0 Å². The van der Waals surface area contributed by atoms with Crippen molar-refractivity contribution in [1.82, 2.24) is 25.3 Å². The van der Waals surface area contributed by atoms with E-state index in [2.05, 4.69) is 56.9 Å². The molecule has 2 rings (SSSR count). The molecule has 2 aromatic rings. The number of likely N-dealkylation sites (N-methyl/N-ethyl adjacent to an activating group) is 1. The summed E-state index contributed by atoms with van der Waals surface area (Å²) >= 11 is 0. The molecule has 1 heterocycles. The zero-order valence-electron chi connectivity index (χ0n) is 16.7. The number of nitrogens with one attached hydrogen (secondary N) is 2. The van der Waals surface area contributed by atoms with Crippen LogP contribution in [0.5, 0.6) is 0 Å². The number of benzene rings is 1. The van der Waals surface area contributed by atoms with Crippen LogP contribution in [0.3, 0.4) is 0 Å². The fraction of sp³-hybridized carbons (Fsp3) is 0.500. The normalized spacial score (nSPS) is 11.8. The van der Waals surface area contributed by atoms with Crippen LogP contribution in [0.25, 0.3) is 0 Å². The summed E-state index contributed by atoms with van der Waals surface area (Å²) in [7, 11) is 5.66. The minimum absolute atomic E-state index is 0.732. The Morgan fingerprint density at radius 2 is 2.07 bits per heavy atom. The van der Waals surface area contributed by atoms with Crippen LogP contribution in [0.4, 0.5) is 0 Å². The minimum atomic E-state index is 0.732. The number of ether oxygens (including phenoxy) is 1. The van der Waals surface area contributed by atoms with Crippen LogP contribution < -0.4 is 10.6 Å². The van der Waals surface area contributed by atoms with E-state index in [1.54, 1.807) is 20.4 Å². The molecule has 0 spiro atoms.